The Morgan fingerprint density at radius 2 is 1.85 bits per heavy atom. The fourth-order valence-electron chi connectivity index (χ4n) is 3.33. The number of carbonyl (C=O) groups is 1. The summed E-state index contributed by atoms with van der Waals surface area (Å²) < 4.78 is 29.7. The highest BCUT2D eigenvalue weighted by Gasteiger charge is 2.26. The number of ether oxygens (including phenoxy) is 2. The first-order valence-corrected chi connectivity index (χ1v) is 10.3. The van der Waals surface area contributed by atoms with Crippen LogP contribution in [0.25, 0.3) is 22.5 Å². The summed E-state index contributed by atoms with van der Waals surface area (Å²) in [5.74, 6) is -0.187. The number of anilines is 2. The number of nitrogens with zero attached hydrogens (tertiary/aromatic N) is 4. The molecule has 1 amide bonds. The normalized spacial score (nSPS) is 13.4. The highest BCUT2D eigenvalue weighted by atomic mass is 19.1. The molecular formula is C23H19FN6O4. The maximum Gasteiger partial charge on any atom is 0.261 e. The number of nitrogens with one attached hydrogen (secondary N) is 1. The predicted molar refractivity (Wildman–Crippen MR) is 119 cm³/mol. The molecule has 0 saturated carbocycles. The lowest BCUT2D eigenvalue weighted by molar-refractivity contribution is -0.0809. The molecule has 0 bridgehead atoms. The van der Waals surface area contributed by atoms with Crippen LogP contribution in [0.4, 0.5) is 16.0 Å². The van der Waals surface area contributed by atoms with E-state index in [1.54, 1.807) is 31.5 Å². The predicted octanol–water partition coefficient (Wildman–Crippen LogP) is 3.25. The second-order valence-corrected chi connectivity index (χ2v) is 7.58. The standard InChI is InChI=1S/C23H19FN6O4/c1-12-19(20(30-34-12)13-2-4-15(24)5-3-13)21(31)28-18-7-6-17(14-8-26-23(25)27-9-14)29-22(18)33-16-10-32-11-16/h2-9,16H,10-11H2,1H3,(H,28,31)(H2,25,26,27). The van der Waals surface area contributed by atoms with Crippen molar-refractivity contribution in [2.24, 2.45) is 0 Å². The summed E-state index contributed by atoms with van der Waals surface area (Å²) in [7, 11) is 0. The number of nitrogen functional groups attached to an aromatic ring is 1. The summed E-state index contributed by atoms with van der Waals surface area (Å²) in [6.45, 7) is 2.47. The van der Waals surface area contributed by atoms with Gasteiger partial charge in [0.1, 0.15) is 34.6 Å². The maximum atomic E-state index is 13.3. The fourth-order valence-corrected chi connectivity index (χ4v) is 3.33. The van der Waals surface area contributed by atoms with E-state index in [-0.39, 0.29) is 23.5 Å². The van der Waals surface area contributed by atoms with Gasteiger partial charge in [0.15, 0.2) is 0 Å². The minimum absolute atomic E-state index is 0.150. The van der Waals surface area contributed by atoms with Crippen LogP contribution in [-0.4, -0.2) is 45.3 Å². The summed E-state index contributed by atoms with van der Waals surface area (Å²) in [4.78, 5) is 25.8. The molecule has 0 radical (unpaired) electrons. The number of carbonyl (C=O) groups excluding carboxylic acids is 1. The van der Waals surface area contributed by atoms with Gasteiger partial charge in [-0.15, -0.1) is 0 Å². The first kappa shape index (κ1) is 21.5. The van der Waals surface area contributed by atoms with Gasteiger partial charge in [-0.3, -0.25) is 4.79 Å². The molecule has 5 rings (SSSR count). The van der Waals surface area contributed by atoms with E-state index >= 15 is 0 Å². The van der Waals surface area contributed by atoms with Crippen molar-refractivity contribution in [1.29, 1.82) is 0 Å². The van der Waals surface area contributed by atoms with E-state index in [4.69, 9.17) is 19.7 Å². The summed E-state index contributed by atoms with van der Waals surface area (Å²) in [6, 6.07) is 9.01. The van der Waals surface area contributed by atoms with Crippen LogP contribution in [0.15, 0.2) is 53.3 Å². The average molecular weight is 462 g/mol. The third-order valence-electron chi connectivity index (χ3n) is 5.17. The Labute approximate surface area is 192 Å². The lowest BCUT2D eigenvalue weighted by atomic mass is 10.1. The van der Waals surface area contributed by atoms with Gasteiger partial charge < -0.3 is 25.0 Å². The molecule has 1 aliphatic heterocycles. The van der Waals surface area contributed by atoms with Crippen LogP contribution in [-0.2, 0) is 4.74 Å². The SMILES string of the molecule is Cc1onc(-c2ccc(F)cc2)c1C(=O)Nc1ccc(-c2cnc(N)nc2)nc1OC1COC1. The number of aromatic nitrogens is 4. The van der Waals surface area contributed by atoms with Crippen LogP contribution in [0, 0.1) is 12.7 Å². The van der Waals surface area contributed by atoms with Crippen molar-refractivity contribution in [1.82, 2.24) is 20.1 Å². The molecule has 34 heavy (non-hydrogen) atoms. The number of halogens is 1. The zero-order valence-corrected chi connectivity index (χ0v) is 18.0. The van der Waals surface area contributed by atoms with Crippen molar-refractivity contribution in [2.75, 3.05) is 24.3 Å². The number of hydrogen-bond acceptors (Lipinski definition) is 9. The lowest BCUT2D eigenvalue weighted by Crippen LogP contribution is -2.39. The summed E-state index contributed by atoms with van der Waals surface area (Å²) in [5.41, 5.74) is 8.16. The minimum Gasteiger partial charge on any atom is -0.468 e. The number of pyridine rings is 1. The number of rotatable bonds is 6. The molecule has 10 nitrogen and oxygen atoms in total. The molecule has 1 saturated heterocycles. The molecule has 172 valence electrons. The quantitative estimate of drug-likeness (QED) is 0.442. The summed E-state index contributed by atoms with van der Waals surface area (Å²) >= 11 is 0. The van der Waals surface area contributed by atoms with Gasteiger partial charge in [0.05, 0.1) is 18.9 Å². The van der Waals surface area contributed by atoms with E-state index in [0.29, 0.717) is 47.2 Å². The molecule has 1 aliphatic rings. The van der Waals surface area contributed by atoms with E-state index in [1.165, 1.54) is 24.3 Å². The van der Waals surface area contributed by atoms with Gasteiger partial charge in [0.25, 0.3) is 5.91 Å². The molecule has 0 unspecified atom stereocenters. The molecule has 0 spiro atoms. The Balaban J connectivity index is 1.47. The highest BCUT2D eigenvalue weighted by Crippen LogP contribution is 2.31. The molecule has 0 atom stereocenters. The molecular weight excluding hydrogens is 443 g/mol. The highest BCUT2D eigenvalue weighted by molar-refractivity contribution is 6.09. The lowest BCUT2D eigenvalue weighted by Gasteiger charge is -2.27. The van der Waals surface area contributed by atoms with Crippen molar-refractivity contribution < 1.29 is 23.2 Å². The second-order valence-electron chi connectivity index (χ2n) is 7.58. The van der Waals surface area contributed by atoms with E-state index < -0.39 is 11.7 Å². The van der Waals surface area contributed by atoms with E-state index in [9.17, 15) is 9.18 Å². The first-order valence-electron chi connectivity index (χ1n) is 10.3. The number of amides is 1. The van der Waals surface area contributed by atoms with Gasteiger partial charge >= 0.3 is 0 Å². The van der Waals surface area contributed by atoms with Gasteiger partial charge in [0, 0.05) is 23.5 Å². The smallest absolute Gasteiger partial charge is 0.261 e. The molecule has 11 heteroatoms. The van der Waals surface area contributed by atoms with Crippen molar-refractivity contribution >= 4 is 17.5 Å². The molecule has 0 aliphatic carbocycles. The topological polar surface area (TPSA) is 138 Å². The molecule has 4 aromatic rings. The van der Waals surface area contributed by atoms with E-state index in [1.807, 2.05) is 0 Å². The Kier molecular flexibility index (Phi) is 5.60. The molecule has 4 heterocycles. The Morgan fingerprint density at radius 3 is 2.53 bits per heavy atom. The van der Waals surface area contributed by atoms with Crippen LogP contribution in [0.5, 0.6) is 5.88 Å². The number of hydrogen-bond donors (Lipinski definition) is 2. The van der Waals surface area contributed by atoms with Crippen LogP contribution in [0.3, 0.4) is 0 Å². The third-order valence-corrected chi connectivity index (χ3v) is 5.17. The summed E-state index contributed by atoms with van der Waals surface area (Å²) in [5, 5.41) is 6.81. The van der Waals surface area contributed by atoms with Crippen LogP contribution >= 0.6 is 0 Å². The minimum atomic E-state index is -0.474. The van der Waals surface area contributed by atoms with Crippen LogP contribution < -0.4 is 15.8 Å². The van der Waals surface area contributed by atoms with Crippen molar-refractivity contribution in [3.63, 3.8) is 0 Å². The largest absolute Gasteiger partial charge is 0.468 e. The van der Waals surface area contributed by atoms with Gasteiger partial charge in [-0.1, -0.05) is 5.16 Å². The Bertz CT molecular complexity index is 1340. The molecule has 1 fully saturated rings. The van der Waals surface area contributed by atoms with Crippen molar-refractivity contribution in [2.45, 2.75) is 13.0 Å². The van der Waals surface area contributed by atoms with Crippen molar-refractivity contribution in [3.8, 4) is 28.4 Å². The average Bonchev–Trinajstić information content (AvgIpc) is 3.19. The van der Waals surface area contributed by atoms with Gasteiger partial charge in [0.2, 0.25) is 11.8 Å². The molecule has 1 aromatic carbocycles. The van der Waals surface area contributed by atoms with E-state index in [2.05, 4.69) is 25.4 Å². The van der Waals surface area contributed by atoms with Crippen LogP contribution in [0.1, 0.15) is 16.1 Å². The second kappa shape index (κ2) is 8.87. The first-order chi connectivity index (χ1) is 16.5. The summed E-state index contributed by atoms with van der Waals surface area (Å²) in [6.07, 6.45) is 2.91. The van der Waals surface area contributed by atoms with Gasteiger partial charge in [-0.05, 0) is 43.3 Å². The zero-order valence-electron chi connectivity index (χ0n) is 18.0. The number of nitrogens with two attached hydrogens (primary N) is 1. The number of aryl methyl sites for hydroxylation is 1. The third kappa shape index (κ3) is 4.28. The Hall–Kier alpha value is -4.38. The van der Waals surface area contributed by atoms with E-state index in [0.717, 1.165) is 0 Å². The fraction of sp³-hybridized carbons (Fsp3) is 0.174. The van der Waals surface area contributed by atoms with Crippen molar-refractivity contribution in [3.05, 3.63) is 65.9 Å². The van der Waals surface area contributed by atoms with Gasteiger partial charge in [-0.2, -0.15) is 0 Å². The number of benzene rings is 1. The Morgan fingerprint density at radius 1 is 1.12 bits per heavy atom. The maximum absolute atomic E-state index is 13.3. The molecule has 3 aromatic heterocycles. The zero-order chi connectivity index (χ0) is 23.7. The molecule has 3 N–H and O–H groups in total. The van der Waals surface area contributed by atoms with Crippen LogP contribution in [0.2, 0.25) is 0 Å². The van der Waals surface area contributed by atoms with Gasteiger partial charge in [-0.25, -0.2) is 19.3 Å². The monoisotopic (exact) mass is 462 g/mol.